The maximum absolute atomic E-state index is 13.3. The molecule has 0 radical (unpaired) electrons. The molecule has 0 saturated heterocycles. The third-order valence-electron chi connectivity index (χ3n) is 4.64. The van der Waals surface area contributed by atoms with Crippen LogP contribution in [0.1, 0.15) is 39.2 Å². The van der Waals surface area contributed by atoms with E-state index in [9.17, 15) is 4.39 Å². The SMILES string of the molecule is CCOC1CC(Nc2cc(F)ccc2C)C1(C)CC. The average Bonchev–Trinajstić information content (AvgIpc) is 2.40. The Labute approximate surface area is 115 Å². The molecule has 3 unspecified atom stereocenters. The van der Waals surface area contributed by atoms with Crippen LogP contribution in [-0.2, 0) is 4.74 Å². The van der Waals surface area contributed by atoms with Crippen molar-refractivity contribution >= 4 is 5.69 Å². The van der Waals surface area contributed by atoms with Crippen LogP contribution in [0.2, 0.25) is 0 Å². The number of halogens is 1. The van der Waals surface area contributed by atoms with Crippen molar-refractivity contribution in [2.75, 3.05) is 11.9 Å². The first-order valence-electron chi connectivity index (χ1n) is 7.15. The summed E-state index contributed by atoms with van der Waals surface area (Å²) in [5.74, 6) is -0.188. The van der Waals surface area contributed by atoms with E-state index in [0.29, 0.717) is 12.1 Å². The highest BCUT2D eigenvalue weighted by atomic mass is 19.1. The molecule has 1 N–H and O–H groups in total. The fraction of sp³-hybridized carbons (Fsp3) is 0.625. The van der Waals surface area contributed by atoms with E-state index < -0.39 is 0 Å². The Bertz CT molecular complexity index is 448. The second-order valence-electron chi connectivity index (χ2n) is 5.70. The summed E-state index contributed by atoms with van der Waals surface area (Å²) in [6.07, 6.45) is 2.37. The smallest absolute Gasteiger partial charge is 0.125 e. The minimum absolute atomic E-state index is 0.134. The van der Waals surface area contributed by atoms with Gasteiger partial charge in [0.1, 0.15) is 5.82 Å². The number of nitrogens with one attached hydrogen (secondary N) is 1. The summed E-state index contributed by atoms with van der Waals surface area (Å²) in [6, 6.07) is 5.26. The highest BCUT2D eigenvalue weighted by Crippen LogP contribution is 2.47. The largest absolute Gasteiger partial charge is 0.381 e. The van der Waals surface area contributed by atoms with Crippen LogP contribution in [-0.4, -0.2) is 18.8 Å². The minimum Gasteiger partial charge on any atom is -0.381 e. The second-order valence-corrected chi connectivity index (χ2v) is 5.70. The molecule has 1 fully saturated rings. The molecule has 3 atom stereocenters. The summed E-state index contributed by atoms with van der Waals surface area (Å²) < 4.78 is 19.1. The molecule has 1 aliphatic rings. The maximum atomic E-state index is 13.3. The summed E-state index contributed by atoms with van der Waals surface area (Å²) in [7, 11) is 0. The average molecular weight is 265 g/mol. The highest BCUT2D eigenvalue weighted by Gasteiger charge is 2.51. The van der Waals surface area contributed by atoms with Crippen LogP contribution in [0, 0.1) is 18.2 Å². The quantitative estimate of drug-likeness (QED) is 0.864. The van der Waals surface area contributed by atoms with Crippen molar-refractivity contribution in [3.05, 3.63) is 29.6 Å². The molecule has 0 spiro atoms. The Morgan fingerprint density at radius 1 is 1.42 bits per heavy atom. The lowest BCUT2D eigenvalue weighted by Gasteiger charge is -2.54. The summed E-state index contributed by atoms with van der Waals surface area (Å²) >= 11 is 0. The van der Waals surface area contributed by atoms with Crippen molar-refractivity contribution in [2.45, 2.75) is 52.7 Å². The van der Waals surface area contributed by atoms with E-state index in [2.05, 4.69) is 19.2 Å². The summed E-state index contributed by atoms with van der Waals surface area (Å²) in [4.78, 5) is 0. The van der Waals surface area contributed by atoms with Crippen molar-refractivity contribution < 1.29 is 9.13 Å². The van der Waals surface area contributed by atoms with Gasteiger partial charge in [-0.15, -0.1) is 0 Å². The number of benzene rings is 1. The molecule has 106 valence electrons. The lowest BCUT2D eigenvalue weighted by molar-refractivity contribution is -0.109. The van der Waals surface area contributed by atoms with Crippen LogP contribution in [0.4, 0.5) is 10.1 Å². The minimum atomic E-state index is -0.188. The fourth-order valence-corrected chi connectivity index (χ4v) is 2.91. The van der Waals surface area contributed by atoms with E-state index in [1.807, 2.05) is 19.9 Å². The molecule has 0 aromatic heterocycles. The van der Waals surface area contributed by atoms with E-state index in [-0.39, 0.29) is 11.2 Å². The van der Waals surface area contributed by atoms with Gasteiger partial charge in [-0.1, -0.05) is 19.9 Å². The molecular formula is C16H24FNO. The van der Waals surface area contributed by atoms with Crippen molar-refractivity contribution in [1.29, 1.82) is 0 Å². The van der Waals surface area contributed by atoms with E-state index in [1.54, 1.807) is 6.07 Å². The molecular weight excluding hydrogens is 241 g/mol. The van der Waals surface area contributed by atoms with Crippen LogP contribution in [0.5, 0.6) is 0 Å². The van der Waals surface area contributed by atoms with Crippen molar-refractivity contribution in [2.24, 2.45) is 5.41 Å². The van der Waals surface area contributed by atoms with Crippen LogP contribution in [0.25, 0.3) is 0 Å². The Morgan fingerprint density at radius 3 is 2.79 bits per heavy atom. The van der Waals surface area contributed by atoms with Gasteiger partial charge in [0.15, 0.2) is 0 Å². The summed E-state index contributed by atoms with van der Waals surface area (Å²) in [5, 5.41) is 3.50. The van der Waals surface area contributed by atoms with Crippen molar-refractivity contribution in [1.82, 2.24) is 0 Å². The van der Waals surface area contributed by atoms with Crippen molar-refractivity contribution in [3.63, 3.8) is 0 Å². The van der Waals surface area contributed by atoms with Gasteiger partial charge in [-0.25, -0.2) is 4.39 Å². The van der Waals surface area contributed by atoms with Gasteiger partial charge in [0.25, 0.3) is 0 Å². The molecule has 3 heteroatoms. The second kappa shape index (κ2) is 5.49. The number of ether oxygens (including phenoxy) is 1. The highest BCUT2D eigenvalue weighted by molar-refractivity contribution is 5.52. The van der Waals surface area contributed by atoms with Gasteiger partial charge >= 0.3 is 0 Å². The Hall–Kier alpha value is -1.09. The zero-order valence-corrected chi connectivity index (χ0v) is 12.3. The molecule has 0 heterocycles. The number of rotatable bonds is 5. The fourth-order valence-electron chi connectivity index (χ4n) is 2.91. The molecule has 2 rings (SSSR count). The number of anilines is 1. The standard InChI is InChI=1S/C16H24FNO/c1-5-16(4)14(10-15(16)19-6-2)18-13-9-12(17)8-7-11(13)3/h7-9,14-15,18H,5-6,10H2,1-4H3. The first-order chi connectivity index (χ1) is 9.01. The van der Waals surface area contributed by atoms with Crippen LogP contribution < -0.4 is 5.32 Å². The van der Waals surface area contributed by atoms with E-state index in [0.717, 1.165) is 30.7 Å². The molecule has 0 aliphatic heterocycles. The Morgan fingerprint density at radius 2 is 2.16 bits per heavy atom. The lowest BCUT2D eigenvalue weighted by atomic mass is 9.61. The van der Waals surface area contributed by atoms with Gasteiger partial charge in [-0.3, -0.25) is 0 Å². The molecule has 0 bridgehead atoms. The first kappa shape index (κ1) is 14.3. The molecule has 1 aromatic rings. The van der Waals surface area contributed by atoms with Crippen LogP contribution in [0.3, 0.4) is 0 Å². The first-order valence-corrected chi connectivity index (χ1v) is 7.15. The van der Waals surface area contributed by atoms with Gasteiger partial charge < -0.3 is 10.1 Å². The summed E-state index contributed by atoms with van der Waals surface area (Å²) in [6.45, 7) is 9.24. The maximum Gasteiger partial charge on any atom is 0.125 e. The van der Waals surface area contributed by atoms with Gasteiger partial charge in [0.2, 0.25) is 0 Å². The number of hydrogen-bond donors (Lipinski definition) is 1. The Balaban J connectivity index is 2.10. The molecule has 19 heavy (non-hydrogen) atoms. The van der Waals surface area contributed by atoms with Gasteiger partial charge in [0.05, 0.1) is 6.10 Å². The number of aryl methyl sites for hydroxylation is 1. The van der Waals surface area contributed by atoms with Gasteiger partial charge in [-0.2, -0.15) is 0 Å². The molecule has 1 aromatic carbocycles. The molecule has 1 aliphatic carbocycles. The van der Waals surface area contributed by atoms with Crippen LogP contribution >= 0.6 is 0 Å². The monoisotopic (exact) mass is 265 g/mol. The zero-order chi connectivity index (χ0) is 14.0. The topological polar surface area (TPSA) is 21.3 Å². The summed E-state index contributed by atoms with van der Waals surface area (Å²) in [5.41, 5.74) is 2.12. The Kier molecular flexibility index (Phi) is 4.14. The van der Waals surface area contributed by atoms with Crippen molar-refractivity contribution in [3.8, 4) is 0 Å². The van der Waals surface area contributed by atoms with E-state index >= 15 is 0 Å². The van der Waals surface area contributed by atoms with Crippen LogP contribution in [0.15, 0.2) is 18.2 Å². The predicted octanol–water partition coefficient (Wildman–Crippen LogP) is 4.14. The normalized spacial score (nSPS) is 29.9. The predicted molar refractivity (Wildman–Crippen MR) is 77.0 cm³/mol. The van der Waals surface area contributed by atoms with E-state index in [4.69, 9.17) is 4.74 Å². The van der Waals surface area contributed by atoms with E-state index in [1.165, 1.54) is 6.07 Å². The molecule has 2 nitrogen and oxygen atoms in total. The van der Waals surface area contributed by atoms with Gasteiger partial charge in [0, 0.05) is 23.8 Å². The molecule has 0 amide bonds. The number of hydrogen-bond acceptors (Lipinski definition) is 2. The zero-order valence-electron chi connectivity index (χ0n) is 12.3. The molecule has 1 saturated carbocycles. The third kappa shape index (κ3) is 2.62. The lowest BCUT2D eigenvalue weighted by Crippen LogP contribution is -2.59. The third-order valence-corrected chi connectivity index (χ3v) is 4.64. The van der Waals surface area contributed by atoms with Gasteiger partial charge in [-0.05, 0) is 44.4 Å².